The van der Waals surface area contributed by atoms with Gasteiger partial charge in [0.2, 0.25) is 5.91 Å². The van der Waals surface area contributed by atoms with Crippen LogP contribution in [0.3, 0.4) is 0 Å². The van der Waals surface area contributed by atoms with E-state index in [0.717, 1.165) is 5.56 Å². The summed E-state index contributed by atoms with van der Waals surface area (Å²) in [5.41, 5.74) is 14.3. The fourth-order valence-electron chi connectivity index (χ4n) is 3.60. The number of aliphatic carboxylic acids is 1. The van der Waals surface area contributed by atoms with E-state index in [-0.39, 0.29) is 23.9 Å². The van der Waals surface area contributed by atoms with Gasteiger partial charge in [0.1, 0.15) is 5.84 Å². The molecule has 1 heterocycles. The van der Waals surface area contributed by atoms with Crippen LogP contribution in [0.2, 0.25) is 0 Å². The Bertz CT molecular complexity index is 1070. The van der Waals surface area contributed by atoms with Gasteiger partial charge in [-0.15, -0.1) is 0 Å². The van der Waals surface area contributed by atoms with E-state index < -0.39 is 35.8 Å². The molecule has 2 aromatic rings. The molecule has 174 valence electrons. The second kappa shape index (κ2) is 9.90. The number of carboxylic acid groups (broad SMARTS) is 1. The van der Waals surface area contributed by atoms with Crippen LogP contribution < -0.4 is 22.3 Å². The Morgan fingerprint density at radius 2 is 1.88 bits per heavy atom. The number of amidine groups is 1. The van der Waals surface area contributed by atoms with Crippen LogP contribution in [0.15, 0.2) is 48.5 Å². The SMILES string of the molecule is Cc1ccccc1C(=O)[C@@](N)(CNC(=O)C[C@H]1C[C@@H](c2ccc(C(=N)N)cc2)NO1)C(=O)O. The van der Waals surface area contributed by atoms with Crippen molar-refractivity contribution in [2.45, 2.75) is 37.5 Å². The quantitative estimate of drug-likeness (QED) is 0.139. The minimum Gasteiger partial charge on any atom is -0.479 e. The molecular formula is C23H27N5O5. The van der Waals surface area contributed by atoms with Crippen molar-refractivity contribution in [3.05, 3.63) is 70.8 Å². The van der Waals surface area contributed by atoms with E-state index in [2.05, 4.69) is 10.8 Å². The van der Waals surface area contributed by atoms with E-state index in [0.29, 0.717) is 17.5 Å². The van der Waals surface area contributed by atoms with Crippen molar-refractivity contribution in [2.24, 2.45) is 11.5 Å². The van der Waals surface area contributed by atoms with Crippen LogP contribution in [0.5, 0.6) is 0 Å². The zero-order chi connectivity index (χ0) is 24.2. The number of amides is 1. The highest BCUT2D eigenvalue weighted by Gasteiger charge is 2.43. The minimum absolute atomic E-state index is 0.0232. The summed E-state index contributed by atoms with van der Waals surface area (Å²) in [6, 6.07) is 13.5. The molecule has 1 saturated heterocycles. The molecule has 0 saturated carbocycles. The topological polar surface area (TPSA) is 181 Å². The molecule has 0 radical (unpaired) electrons. The van der Waals surface area contributed by atoms with Gasteiger partial charge in [-0.25, -0.2) is 4.79 Å². The van der Waals surface area contributed by atoms with Crippen molar-refractivity contribution in [2.75, 3.05) is 6.54 Å². The number of nitrogens with two attached hydrogens (primary N) is 2. The third kappa shape index (κ3) is 5.43. The van der Waals surface area contributed by atoms with E-state index in [4.69, 9.17) is 21.7 Å². The number of ketones is 1. The molecule has 1 aliphatic heterocycles. The first-order valence-electron chi connectivity index (χ1n) is 10.4. The highest BCUT2D eigenvalue weighted by Crippen LogP contribution is 2.27. The van der Waals surface area contributed by atoms with Gasteiger partial charge in [0, 0.05) is 11.1 Å². The lowest BCUT2D eigenvalue weighted by molar-refractivity contribution is -0.141. The summed E-state index contributed by atoms with van der Waals surface area (Å²) in [7, 11) is 0. The number of carbonyl (C=O) groups is 3. The third-order valence-electron chi connectivity index (χ3n) is 5.65. The van der Waals surface area contributed by atoms with Gasteiger partial charge in [-0.05, 0) is 24.5 Å². The molecule has 0 bridgehead atoms. The Morgan fingerprint density at radius 3 is 2.48 bits per heavy atom. The first kappa shape index (κ1) is 24.1. The second-order valence-electron chi connectivity index (χ2n) is 8.08. The maximum absolute atomic E-state index is 12.8. The molecule has 1 aliphatic rings. The van der Waals surface area contributed by atoms with Crippen LogP contribution in [-0.4, -0.2) is 46.8 Å². The highest BCUT2D eigenvalue weighted by molar-refractivity contribution is 6.16. The van der Waals surface area contributed by atoms with Gasteiger partial charge in [-0.2, -0.15) is 5.48 Å². The summed E-state index contributed by atoms with van der Waals surface area (Å²) < 4.78 is 0. The van der Waals surface area contributed by atoms with Crippen LogP contribution in [-0.2, 0) is 14.4 Å². The smallest absolute Gasteiger partial charge is 0.333 e. The van der Waals surface area contributed by atoms with Crippen molar-refractivity contribution >= 4 is 23.5 Å². The molecule has 0 aliphatic carbocycles. The summed E-state index contributed by atoms with van der Waals surface area (Å²) >= 11 is 0. The maximum atomic E-state index is 12.8. The number of nitrogen functional groups attached to an aromatic ring is 1. The lowest BCUT2D eigenvalue weighted by Crippen LogP contribution is -2.61. The fourth-order valence-corrected chi connectivity index (χ4v) is 3.60. The van der Waals surface area contributed by atoms with Crippen LogP contribution in [0.4, 0.5) is 0 Å². The van der Waals surface area contributed by atoms with E-state index in [9.17, 15) is 19.5 Å². The molecule has 10 nitrogen and oxygen atoms in total. The average Bonchev–Trinajstić information content (AvgIpc) is 3.25. The molecule has 33 heavy (non-hydrogen) atoms. The van der Waals surface area contributed by atoms with E-state index in [1.54, 1.807) is 37.3 Å². The molecule has 1 amide bonds. The number of hydroxylamine groups is 1. The van der Waals surface area contributed by atoms with Crippen LogP contribution in [0, 0.1) is 12.3 Å². The number of benzene rings is 2. The summed E-state index contributed by atoms with van der Waals surface area (Å²) in [4.78, 5) is 42.6. The number of nitrogens with one attached hydrogen (secondary N) is 3. The molecule has 3 rings (SSSR count). The number of aryl methyl sites for hydroxylation is 1. The van der Waals surface area contributed by atoms with Gasteiger partial charge in [-0.1, -0.05) is 48.5 Å². The lowest BCUT2D eigenvalue weighted by Gasteiger charge is -2.24. The molecule has 0 aromatic heterocycles. The minimum atomic E-state index is -2.29. The number of rotatable bonds is 9. The molecule has 2 aromatic carbocycles. The Labute approximate surface area is 190 Å². The molecule has 0 spiro atoms. The molecule has 1 fully saturated rings. The number of carbonyl (C=O) groups excluding carboxylic acids is 2. The van der Waals surface area contributed by atoms with Crippen LogP contribution in [0.1, 0.15) is 45.9 Å². The monoisotopic (exact) mass is 453 g/mol. The standard InChI is InChI=1S/C23H27N5O5/c1-13-4-2-3-5-17(13)20(30)23(26,22(31)32)12-27-19(29)11-16-10-18(28-33-16)14-6-8-15(9-7-14)21(24)25/h2-9,16,18,28H,10-12,26H2,1H3,(H3,24,25)(H,27,29)(H,31,32)/t16-,18+,23+/m1/s1. The van der Waals surface area contributed by atoms with Gasteiger partial charge in [0.25, 0.3) is 0 Å². The van der Waals surface area contributed by atoms with Gasteiger partial charge >= 0.3 is 5.97 Å². The molecule has 3 atom stereocenters. The van der Waals surface area contributed by atoms with Crippen LogP contribution >= 0.6 is 0 Å². The predicted octanol–water partition coefficient (Wildman–Crippen LogP) is 0.785. The van der Waals surface area contributed by atoms with Gasteiger partial charge in [-0.3, -0.25) is 19.8 Å². The molecular weight excluding hydrogens is 426 g/mol. The Hall–Kier alpha value is -3.60. The first-order valence-corrected chi connectivity index (χ1v) is 10.4. The van der Waals surface area contributed by atoms with E-state index in [1.807, 2.05) is 12.1 Å². The number of hydrogen-bond donors (Lipinski definition) is 6. The van der Waals surface area contributed by atoms with Crippen molar-refractivity contribution in [1.82, 2.24) is 10.8 Å². The highest BCUT2D eigenvalue weighted by atomic mass is 16.7. The Kier molecular flexibility index (Phi) is 7.22. The Balaban J connectivity index is 1.57. The van der Waals surface area contributed by atoms with Crippen LogP contribution in [0.25, 0.3) is 0 Å². The predicted molar refractivity (Wildman–Crippen MR) is 121 cm³/mol. The zero-order valence-corrected chi connectivity index (χ0v) is 18.1. The molecule has 8 N–H and O–H groups in total. The number of carboxylic acids is 1. The van der Waals surface area contributed by atoms with Crippen molar-refractivity contribution < 1.29 is 24.3 Å². The zero-order valence-electron chi connectivity index (χ0n) is 18.1. The lowest BCUT2D eigenvalue weighted by atomic mass is 9.88. The summed E-state index contributed by atoms with van der Waals surface area (Å²) in [5, 5.41) is 19.5. The van der Waals surface area contributed by atoms with Crippen molar-refractivity contribution in [1.29, 1.82) is 5.41 Å². The van der Waals surface area contributed by atoms with Gasteiger partial charge < -0.3 is 21.9 Å². The van der Waals surface area contributed by atoms with Gasteiger partial charge in [0.05, 0.1) is 25.1 Å². The summed E-state index contributed by atoms with van der Waals surface area (Å²) in [6.45, 7) is 1.13. The normalized spacial score (nSPS) is 19.5. The third-order valence-corrected chi connectivity index (χ3v) is 5.65. The summed E-state index contributed by atoms with van der Waals surface area (Å²) in [6.07, 6.45) is 0.0110. The van der Waals surface area contributed by atoms with Crippen molar-refractivity contribution in [3.63, 3.8) is 0 Å². The second-order valence-corrected chi connectivity index (χ2v) is 8.08. The number of Topliss-reactive ketones (excluding diaryl/α,β-unsaturated/α-hetero) is 1. The maximum Gasteiger partial charge on any atom is 0.333 e. The van der Waals surface area contributed by atoms with E-state index >= 15 is 0 Å². The molecule has 10 heteroatoms. The average molecular weight is 453 g/mol. The molecule has 0 unspecified atom stereocenters. The summed E-state index contributed by atoms with van der Waals surface area (Å²) in [5.74, 6) is -2.81. The largest absolute Gasteiger partial charge is 0.479 e. The Morgan fingerprint density at radius 1 is 1.21 bits per heavy atom. The van der Waals surface area contributed by atoms with E-state index in [1.165, 1.54) is 6.07 Å². The fraction of sp³-hybridized carbons (Fsp3) is 0.304. The number of hydrogen-bond acceptors (Lipinski definition) is 7. The first-order chi connectivity index (χ1) is 15.6. The van der Waals surface area contributed by atoms with Gasteiger partial charge in [0.15, 0.2) is 11.3 Å². The van der Waals surface area contributed by atoms with Crippen molar-refractivity contribution in [3.8, 4) is 0 Å².